The van der Waals surface area contributed by atoms with E-state index < -0.39 is 21.6 Å². The first-order valence-corrected chi connectivity index (χ1v) is 16.6. The maximum absolute atomic E-state index is 14.8. The van der Waals surface area contributed by atoms with E-state index >= 15 is 0 Å². The van der Waals surface area contributed by atoms with Crippen LogP contribution in [-0.2, 0) is 14.8 Å². The molecule has 5 aromatic carbocycles. The van der Waals surface area contributed by atoms with Gasteiger partial charge in [-0.25, -0.2) is 12.4 Å². The van der Waals surface area contributed by atoms with E-state index in [1.54, 1.807) is 48.5 Å². The molecule has 0 fully saturated rings. The predicted molar refractivity (Wildman–Crippen MR) is 183 cm³/mol. The largest absolute Gasteiger partial charge is 0.349 e. The van der Waals surface area contributed by atoms with E-state index in [0.29, 0.717) is 49.7 Å². The predicted octanol–water partition coefficient (Wildman–Crippen LogP) is 7.62. The number of anilines is 1. The van der Waals surface area contributed by atoms with E-state index in [2.05, 4.69) is 5.32 Å². The number of rotatable bonds is 5. The van der Waals surface area contributed by atoms with Crippen LogP contribution in [0.1, 0.15) is 48.3 Å². The third kappa shape index (κ3) is 4.68. The number of nitrogens with zero attached hydrogens (tertiary/aromatic N) is 2. The van der Waals surface area contributed by atoms with Crippen LogP contribution in [0.5, 0.6) is 0 Å². The van der Waals surface area contributed by atoms with Gasteiger partial charge in [-0.2, -0.15) is 0 Å². The maximum atomic E-state index is 14.8. The second kappa shape index (κ2) is 10.7. The molecule has 8 heteroatoms. The minimum atomic E-state index is -4.14. The van der Waals surface area contributed by atoms with Crippen LogP contribution >= 0.6 is 0 Å². The Hall–Kier alpha value is -5.21. The zero-order valence-corrected chi connectivity index (χ0v) is 26.8. The molecule has 0 saturated carbocycles. The first-order chi connectivity index (χ1) is 22.0. The number of hydrogen-bond acceptors (Lipinski definition) is 4. The number of carbonyl (C=O) groups is 2. The number of para-hydroxylation sites is 2. The summed E-state index contributed by atoms with van der Waals surface area (Å²) < 4.78 is 30.6. The summed E-state index contributed by atoms with van der Waals surface area (Å²) in [7, 11) is -4.14. The molecule has 0 bridgehead atoms. The van der Waals surface area contributed by atoms with Crippen LogP contribution in [0.15, 0.2) is 120 Å². The fourth-order valence-corrected chi connectivity index (χ4v) is 7.97. The number of amides is 2. The molecule has 0 spiro atoms. The molecule has 1 N–H and O–H groups in total. The van der Waals surface area contributed by atoms with Crippen molar-refractivity contribution in [1.82, 2.24) is 9.29 Å². The van der Waals surface area contributed by atoms with Gasteiger partial charge in [0.25, 0.3) is 15.9 Å². The highest BCUT2D eigenvalue weighted by Crippen LogP contribution is 2.48. The van der Waals surface area contributed by atoms with Crippen LogP contribution in [-0.4, -0.2) is 29.7 Å². The van der Waals surface area contributed by atoms with Gasteiger partial charge in [0.2, 0.25) is 5.91 Å². The monoisotopic (exact) mass is 627 g/mol. The van der Waals surface area contributed by atoms with Crippen molar-refractivity contribution in [3.05, 3.63) is 132 Å². The van der Waals surface area contributed by atoms with Gasteiger partial charge in [-0.3, -0.25) is 14.5 Å². The number of nitrogens with one attached hydrogen (secondary N) is 1. The summed E-state index contributed by atoms with van der Waals surface area (Å²) in [5, 5.41) is 4.43. The molecule has 7 rings (SSSR count). The summed E-state index contributed by atoms with van der Waals surface area (Å²) in [6.45, 7) is 7.61. The molecule has 230 valence electrons. The lowest BCUT2D eigenvalue weighted by atomic mass is 9.91. The summed E-state index contributed by atoms with van der Waals surface area (Å²) in [5.74, 6) is -0.696. The van der Waals surface area contributed by atoms with Crippen LogP contribution in [0, 0.1) is 6.92 Å². The molecule has 1 aromatic heterocycles. The van der Waals surface area contributed by atoms with E-state index in [4.69, 9.17) is 0 Å². The van der Waals surface area contributed by atoms with Crippen LogP contribution < -0.4 is 10.2 Å². The fraction of sp³-hybridized carbons (Fsp3) is 0.158. The Morgan fingerprint density at radius 2 is 1.37 bits per heavy atom. The summed E-state index contributed by atoms with van der Waals surface area (Å²) in [4.78, 5) is 30.6. The summed E-state index contributed by atoms with van der Waals surface area (Å²) in [5.41, 5.74) is 3.80. The molecule has 2 amide bonds. The number of carbonyl (C=O) groups excluding carboxylic acids is 2. The Morgan fingerprint density at radius 1 is 0.761 bits per heavy atom. The van der Waals surface area contributed by atoms with Crippen molar-refractivity contribution in [2.45, 2.75) is 44.2 Å². The molecule has 1 atom stereocenters. The average molecular weight is 628 g/mol. The molecule has 0 saturated heterocycles. The van der Waals surface area contributed by atoms with Gasteiger partial charge in [0, 0.05) is 27.6 Å². The highest BCUT2D eigenvalue weighted by Gasteiger charge is 2.46. The van der Waals surface area contributed by atoms with Crippen molar-refractivity contribution in [3.8, 4) is 11.1 Å². The molecule has 6 aromatic rings. The van der Waals surface area contributed by atoms with Crippen LogP contribution in [0.2, 0.25) is 0 Å². The summed E-state index contributed by atoms with van der Waals surface area (Å²) >= 11 is 0. The third-order valence-electron chi connectivity index (χ3n) is 8.33. The van der Waals surface area contributed by atoms with Crippen molar-refractivity contribution in [3.63, 3.8) is 0 Å². The summed E-state index contributed by atoms with van der Waals surface area (Å²) in [6.07, 6.45) is 0. The Labute approximate surface area is 268 Å². The second-order valence-electron chi connectivity index (χ2n) is 12.7. The van der Waals surface area contributed by atoms with Gasteiger partial charge in [0.05, 0.1) is 21.5 Å². The molecule has 46 heavy (non-hydrogen) atoms. The molecular weight excluding hydrogens is 595 g/mol. The van der Waals surface area contributed by atoms with Crippen molar-refractivity contribution in [1.29, 1.82) is 0 Å². The van der Waals surface area contributed by atoms with Gasteiger partial charge in [-0.05, 0) is 75.2 Å². The minimum Gasteiger partial charge on any atom is -0.349 e. The van der Waals surface area contributed by atoms with Crippen LogP contribution in [0.4, 0.5) is 5.69 Å². The van der Waals surface area contributed by atoms with E-state index in [1.807, 2.05) is 94.4 Å². The first-order valence-electron chi connectivity index (χ1n) is 15.2. The van der Waals surface area contributed by atoms with E-state index in [-0.39, 0.29) is 16.7 Å². The topological polar surface area (TPSA) is 88.5 Å². The minimum absolute atomic E-state index is 0.139. The highest BCUT2D eigenvalue weighted by molar-refractivity contribution is 7.90. The Bertz CT molecular complexity index is 2270. The molecule has 1 unspecified atom stereocenters. The molecule has 0 radical (unpaired) electrons. The number of aryl methyl sites for hydroxylation is 1. The Balaban J connectivity index is 1.64. The normalized spacial score (nSPS) is 15.0. The van der Waals surface area contributed by atoms with E-state index in [9.17, 15) is 18.0 Å². The van der Waals surface area contributed by atoms with Crippen molar-refractivity contribution in [2.24, 2.45) is 0 Å². The van der Waals surface area contributed by atoms with Gasteiger partial charge >= 0.3 is 0 Å². The Morgan fingerprint density at radius 3 is 2.02 bits per heavy atom. The number of fused-ring (bicyclic) bond motifs is 4. The molecule has 1 aliphatic rings. The lowest BCUT2D eigenvalue weighted by molar-refractivity contribution is -0.123. The number of aromatic nitrogens is 1. The quantitative estimate of drug-likeness (QED) is 0.213. The van der Waals surface area contributed by atoms with Gasteiger partial charge in [-0.15, -0.1) is 0 Å². The van der Waals surface area contributed by atoms with Crippen molar-refractivity contribution in [2.75, 3.05) is 4.90 Å². The fourth-order valence-electron chi connectivity index (χ4n) is 6.43. The molecule has 0 aliphatic carbocycles. The molecule has 2 heterocycles. The molecular formula is C38H33N3O4S. The average Bonchev–Trinajstić information content (AvgIpc) is 3.52. The van der Waals surface area contributed by atoms with Crippen molar-refractivity contribution < 1.29 is 18.0 Å². The van der Waals surface area contributed by atoms with Gasteiger partial charge in [0.15, 0.2) is 0 Å². The van der Waals surface area contributed by atoms with E-state index in [1.165, 1.54) is 8.87 Å². The van der Waals surface area contributed by atoms with Crippen LogP contribution in [0.25, 0.3) is 32.9 Å². The summed E-state index contributed by atoms with van der Waals surface area (Å²) in [6, 6.07) is 33.4. The molecule has 1 aliphatic heterocycles. The first kappa shape index (κ1) is 29.5. The SMILES string of the molecule is Cc1ccc(S(=O)(=O)n2c3ccccc3c3cc4c(c(-c5ccccc5)c32)C(=O)N(c2ccccc2)C4C(=O)NC(C)(C)C)cc1. The maximum Gasteiger partial charge on any atom is 0.268 e. The zero-order chi connectivity index (χ0) is 32.4. The van der Waals surface area contributed by atoms with Gasteiger partial charge in [-0.1, -0.05) is 84.4 Å². The van der Waals surface area contributed by atoms with E-state index in [0.717, 1.165) is 5.56 Å². The van der Waals surface area contributed by atoms with Gasteiger partial charge in [0.1, 0.15) is 6.04 Å². The number of benzene rings is 5. The van der Waals surface area contributed by atoms with Crippen LogP contribution in [0.3, 0.4) is 0 Å². The Kier molecular flexibility index (Phi) is 6.86. The zero-order valence-electron chi connectivity index (χ0n) is 26.0. The van der Waals surface area contributed by atoms with Gasteiger partial charge < -0.3 is 5.32 Å². The lowest BCUT2D eigenvalue weighted by Gasteiger charge is -2.28. The second-order valence-corrected chi connectivity index (χ2v) is 14.5. The third-order valence-corrected chi connectivity index (χ3v) is 10.1. The lowest BCUT2D eigenvalue weighted by Crippen LogP contribution is -2.47. The van der Waals surface area contributed by atoms with Crippen molar-refractivity contribution >= 4 is 49.3 Å². The molecule has 7 nitrogen and oxygen atoms in total. The smallest absolute Gasteiger partial charge is 0.268 e. The number of hydrogen-bond donors (Lipinski definition) is 1. The standard InChI is InChI=1S/C38H33N3O4S/c1-24-19-21-27(22-20-24)46(44,45)41-31-18-12-11-17-28(31)29-23-30-33(32(34(29)41)25-13-7-5-8-14-25)37(43)40(26-15-9-6-10-16-26)35(30)36(42)39-38(2,3)4/h5-23,35H,1-4H3,(H,39,42). The highest BCUT2D eigenvalue weighted by atomic mass is 32.2.